The van der Waals surface area contributed by atoms with Crippen LogP contribution in [0.5, 0.6) is 0 Å². The Morgan fingerprint density at radius 3 is 1.73 bits per heavy atom. The molecule has 7 aromatic carbocycles. The molecule has 48 heavy (non-hydrogen) atoms. The minimum Gasteiger partial charge on any atom is -0.310 e. The fourth-order valence-corrected chi connectivity index (χ4v) is 8.21. The molecule has 232 valence electrons. The van der Waals surface area contributed by atoms with Crippen molar-refractivity contribution in [1.29, 1.82) is 0 Å². The molecule has 0 N–H and O–H groups in total. The van der Waals surface area contributed by atoms with E-state index in [-0.39, 0.29) is 10.8 Å². The van der Waals surface area contributed by atoms with E-state index in [1.165, 1.54) is 61.2 Å². The zero-order chi connectivity index (χ0) is 32.6. The number of anilines is 6. The van der Waals surface area contributed by atoms with E-state index in [0.717, 1.165) is 17.1 Å². The number of nitrogens with zero attached hydrogens (tertiary/aromatic N) is 2. The molecule has 0 unspecified atom stereocenters. The Labute approximate surface area is 283 Å². The summed E-state index contributed by atoms with van der Waals surface area (Å²) in [6.07, 6.45) is 0. The van der Waals surface area contributed by atoms with E-state index in [4.69, 9.17) is 0 Å². The summed E-state index contributed by atoms with van der Waals surface area (Å²) in [6, 6.07) is 58.0. The van der Waals surface area contributed by atoms with Crippen LogP contribution in [0.4, 0.5) is 34.1 Å². The predicted octanol–water partition coefficient (Wildman–Crippen LogP) is 12.7. The summed E-state index contributed by atoms with van der Waals surface area (Å²) >= 11 is 0. The van der Waals surface area contributed by atoms with Crippen molar-refractivity contribution in [2.45, 2.75) is 38.5 Å². The second-order valence-electron chi connectivity index (χ2n) is 14.3. The van der Waals surface area contributed by atoms with Crippen LogP contribution in [0.1, 0.15) is 49.9 Å². The fraction of sp³-hybridized carbons (Fsp3) is 0.130. The van der Waals surface area contributed by atoms with Gasteiger partial charge in [0.25, 0.3) is 0 Å². The third-order valence-corrected chi connectivity index (χ3v) is 10.8. The van der Waals surface area contributed by atoms with Crippen LogP contribution in [0.3, 0.4) is 0 Å². The molecule has 0 amide bonds. The zero-order valence-electron chi connectivity index (χ0n) is 27.9. The van der Waals surface area contributed by atoms with Crippen LogP contribution in [0.25, 0.3) is 21.9 Å². The third kappa shape index (κ3) is 4.19. The van der Waals surface area contributed by atoms with E-state index >= 15 is 0 Å². The lowest BCUT2D eigenvalue weighted by Crippen LogP contribution is -2.38. The van der Waals surface area contributed by atoms with Gasteiger partial charge >= 0.3 is 0 Å². The van der Waals surface area contributed by atoms with Crippen molar-refractivity contribution >= 4 is 44.9 Å². The summed E-state index contributed by atoms with van der Waals surface area (Å²) in [5.41, 5.74) is 14.9. The monoisotopic (exact) mass is 618 g/mol. The first-order chi connectivity index (χ1) is 23.3. The van der Waals surface area contributed by atoms with E-state index in [9.17, 15) is 0 Å². The maximum absolute atomic E-state index is 2.53. The molecule has 0 aliphatic carbocycles. The van der Waals surface area contributed by atoms with Crippen molar-refractivity contribution in [3.63, 3.8) is 0 Å². The Hall–Kier alpha value is -5.60. The zero-order valence-corrected chi connectivity index (χ0v) is 27.9. The van der Waals surface area contributed by atoms with Gasteiger partial charge in [0.2, 0.25) is 0 Å². The second kappa shape index (κ2) is 10.5. The molecular weight excluding hydrogens is 581 g/mol. The van der Waals surface area contributed by atoms with Crippen molar-refractivity contribution in [2.24, 2.45) is 0 Å². The topological polar surface area (TPSA) is 6.48 Å². The van der Waals surface area contributed by atoms with Crippen LogP contribution in [-0.2, 0) is 10.8 Å². The van der Waals surface area contributed by atoms with E-state index in [0.29, 0.717) is 0 Å². The highest BCUT2D eigenvalue weighted by Gasteiger charge is 2.45. The molecular formula is C46H38N2. The molecule has 0 saturated heterocycles. The Balaban J connectivity index is 1.19. The summed E-state index contributed by atoms with van der Waals surface area (Å²) in [5.74, 6) is 0. The third-order valence-electron chi connectivity index (χ3n) is 10.8. The van der Waals surface area contributed by atoms with Crippen LogP contribution in [0, 0.1) is 0 Å². The van der Waals surface area contributed by atoms with Gasteiger partial charge in [-0.15, -0.1) is 0 Å². The van der Waals surface area contributed by atoms with Crippen LogP contribution in [0.2, 0.25) is 0 Å². The highest BCUT2D eigenvalue weighted by Crippen LogP contribution is 2.60. The number of benzene rings is 7. The van der Waals surface area contributed by atoms with Gasteiger partial charge in [0.05, 0.1) is 17.1 Å². The first kappa shape index (κ1) is 28.6. The minimum absolute atomic E-state index is 0.0882. The Bertz CT molecular complexity index is 2350. The molecule has 0 radical (unpaired) electrons. The summed E-state index contributed by atoms with van der Waals surface area (Å²) < 4.78 is 0. The van der Waals surface area contributed by atoms with Crippen molar-refractivity contribution in [1.82, 2.24) is 0 Å². The van der Waals surface area contributed by atoms with Crippen LogP contribution in [0.15, 0.2) is 158 Å². The van der Waals surface area contributed by atoms with Crippen molar-refractivity contribution in [3.8, 4) is 11.1 Å². The maximum atomic E-state index is 2.53. The standard InChI is InChI=1S/C46H38N2/c1-45(2)38-17-10-11-20-42(38)48-43-28-27-37(30-41(43)46(3,4)40-19-12-18-39(45)44(40)48)47(35-15-6-5-7-16-35)36-25-23-32(24-26-36)34-22-21-31-13-8-9-14-33(31)29-34/h5-30H,1-4H3. The van der Waals surface area contributed by atoms with Gasteiger partial charge < -0.3 is 9.80 Å². The van der Waals surface area contributed by atoms with Crippen LogP contribution < -0.4 is 9.80 Å². The molecule has 2 heteroatoms. The van der Waals surface area contributed by atoms with Gasteiger partial charge in [-0.2, -0.15) is 0 Å². The average molecular weight is 619 g/mol. The fourth-order valence-electron chi connectivity index (χ4n) is 8.21. The molecule has 7 aromatic rings. The molecule has 2 heterocycles. The SMILES string of the molecule is CC1(C)c2ccccc2N2c3ccc(N(c4ccccc4)c4ccc(-c5ccc6ccccc6c5)cc4)cc3C(C)(C)c3cccc1c32. The highest BCUT2D eigenvalue weighted by atomic mass is 15.2. The summed E-state index contributed by atoms with van der Waals surface area (Å²) in [6.45, 7) is 9.52. The molecule has 0 spiro atoms. The highest BCUT2D eigenvalue weighted by molar-refractivity contribution is 5.94. The molecule has 0 bridgehead atoms. The number of fused-ring (bicyclic) bond motifs is 5. The van der Waals surface area contributed by atoms with E-state index in [1.807, 2.05) is 0 Å². The maximum Gasteiger partial charge on any atom is 0.0543 e. The van der Waals surface area contributed by atoms with Gasteiger partial charge in [-0.1, -0.05) is 131 Å². The largest absolute Gasteiger partial charge is 0.310 e. The predicted molar refractivity (Wildman–Crippen MR) is 203 cm³/mol. The first-order valence-electron chi connectivity index (χ1n) is 16.9. The number of rotatable bonds is 4. The summed E-state index contributed by atoms with van der Waals surface area (Å²) in [7, 11) is 0. The van der Waals surface area contributed by atoms with Crippen LogP contribution in [-0.4, -0.2) is 0 Å². The first-order valence-corrected chi connectivity index (χ1v) is 16.9. The molecule has 2 aliphatic heterocycles. The molecule has 0 atom stereocenters. The second-order valence-corrected chi connectivity index (χ2v) is 14.3. The molecule has 0 fully saturated rings. The lowest BCUT2D eigenvalue weighted by molar-refractivity contribution is 0.597. The van der Waals surface area contributed by atoms with E-state index in [1.54, 1.807) is 0 Å². The number of hydrogen-bond donors (Lipinski definition) is 0. The lowest BCUT2D eigenvalue weighted by atomic mass is 9.66. The number of hydrogen-bond acceptors (Lipinski definition) is 2. The van der Waals surface area contributed by atoms with Crippen molar-refractivity contribution < 1.29 is 0 Å². The Morgan fingerprint density at radius 2 is 0.958 bits per heavy atom. The summed E-state index contributed by atoms with van der Waals surface area (Å²) in [4.78, 5) is 4.92. The number of para-hydroxylation sites is 3. The van der Waals surface area contributed by atoms with Gasteiger partial charge in [-0.05, 0) is 98.8 Å². The van der Waals surface area contributed by atoms with E-state index < -0.39 is 0 Å². The molecule has 2 aliphatic rings. The summed E-state index contributed by atoms with van der Waals surface area (Å²) in [5, 5.41) is 2.52. The van der Waals surface area contributed by atoms with E-state index in [2.05, 4.69) is 195 Å². The molecule has 0 aromatic heterocycles. The van der Waals surface area contributed by atoms with Gasteiger partial charge in [-0.25, -0.2) is 0 Å². The van der Waals surface area contributed by atoms with Gasteiger partial charge in [0, 0.05) is 27.9 Å². The van der Waals surface area contributed by atoms with Crippen LogP contribution >= 0.6 is 0 Å². The quantitative estimate of drug-likeness (QED) is 0.194. The van der Waals surface area contributed by atoms with Crippen molar-refractivity contribution in [3.05, 3.63) is 180 Å². The molecule has 2 nitrogen and oxygen atoms in total. The molecule has 0 saturated carbocycles. The minimum atomic E-state index is -0.197. The smallest absolute Gasteiger partial charge is 0.0543 e. The van der Waals surface area contributed by atoms with Crippen molar-refractivity contribution in [2.75, 3.05) is 9.80 Å². The molecule has 9 rings (SSSR count). The van der Waals surface area contributed by atoms with Gasteiger partial charge in [0.15, 0.2) is 0 Å². The van der Waals surface area contributed by atoms with Gasteiger partial charge in [0.1, 0.15) is 0 Å². The Morgan fingerprint density at radius 1 is 0.396 bits per heavy atom. The Kier molecular flexibility index (Phi) is 6.23. The normalized spacial score (nSPS) is 15.0. The lowest BCUT2D eigenvalue weighted by Gasteiger charge is -2.49. The average Bonchev–Trinajstić information content (AvgIpc) is 3.12. The van der Waals surface area contributed by atoms with Gasteiger partial charge in [-0.3, -0.25) is 0 Å².